The number of hydrogen-bond acceptors (Lipinski definition) is 2. The fourth-order valence-electron chi connectivity index (χ4n) is 2.03. The van der Waals surface area contributed by atoms with Gasteiger partial charge < -0.3 is 11.5 Å². The number of nitrogens with two attached hydrogens (primary N) is 2. The van der Waals surface area contributed by atoms with Gasteiger partial charge in [0.15, 0.2) is 0 Å². The number of hydrogen-bond donors (Lipinski definition) is 2. The van der Waals surface area contributed by atoms with Crippen LogP contribution in [0.4, 0.5) is 5.69 Å². The molecule has 0 heterocycles. The Hall–Kier alpha value is -2.29. The van der Waals surface area contributed by atoms with E-state index in [1.165, 1.54) is 5.56 Å². The smallest absolute Gasteiger partial charge is 0.249 e. The monoisotopic (exact) mass is 240 g/mol. The Bertz CT molecular complexity index is 550. The van der Waals surface area contributed by atoms with E-state index in [1.54, 1.807) is 18.2 Å². The molecule has 0 spiro atoms. The molecular weight excluding hydrogens is 224 g/mol. The number of aryl methyl sites for hydroxylation is 1. The summed E-state index contributed by atoms with van der Waals surface area (Å²) in [6, 6.07) is 15.4. The van der Waals surface area contributed by atoms with Crippen molar-refractivity contribution < 1.29 is 4.79 Å². The van der Waals surface area contributed by atoms with Gasteiger partial charge in [0.1, 0.15) is 0 Å². The van der Waals surface area contributed by atoms with E-state index in [0.717, 1.165) is 18.4 Å². The molecule has 0 unspecified atom stereocenters. The van der Waals surface area contributed by atoms with Crippen LogP contribution in [0, 0.1) is 0 Å². The molecule has 1 amide bonds. The predicted molar refractivity (Wildman–Crippen MR) is 73.2 cm³/mol. The second-order valence-electron chi connectivity index (χ2n) is 4.22. The van der Waals surface area contributed by atoms with Gasteiger partial charge in [0.2, 0.25) is 5.91 Å². The molecule has 3 nitrogen and oxygen atoms in total. The van der Waals surface area contributed by atoms with Crippen molar-refractivity contribution in [2.75, 3.05) is 5.73 Å². The highest BCUT2D eigenvalue weighted by molar-refractivity contribution is 5.95. The van der Waals surface area contributed by atoms with Crippen LogP contribution < -0.4 is 11.5 Å². The Morgan fingerprint density at radius 3 is 2.33 bits per heavy atom. The summed E-state index contributed by atoms with van der Waals surface area (Å²) in [5.41, 5.74) is 14.5. The lowest BCUT2D eigenvalue weighted by Gasteiger charge is -2.10. The molecule has 0 aliphatic carbocycles. The van der Waals surface area contributed by atoms with Crippen LogP contribution in [0.2, 0.25) is 0 Å². The third-order valence-corrected chi connectivity index (χ3v) is 2.98. The van der Waals surface area contributed by atoms with Gasteiger partial charge >= 0.3 is 0 Å². The molecule has 0 atom stereocenters. The topological polar surface area (TPSA) is 69.1 Å². The Morgan fingerprint density at radius 2 is 1.67 bits per heavy atom. The number of benzene rings is 2. The molecule has 0 bridgehead atoms. The zero-order valence-corrected chi connectivity index (χ0v) is 10.1. The summed E-state index contributed by atoms with van der Waals surface area (Å²) in [6.45, 7) is 0. The standard InChI is InChI=1S/C15H16N2O/c16-14-8-4-7-13(15(17)18)12(14)10-9-11-5-2-1-3-6-11/h1-8H,9-10,16H2,(H2,17,18). The molecule has 0 aliphatic heterocycles. The Labute approximate surface area is 106 Å². The SMILES string of the molecule is NC(=O)c1cccc(N)c1CCc1ccccc1. The quantitative estimate of drug-likeness (QED) is 0.804. The molecule has 0 aliphatic rings. The van der Waals surface area contributed by atoms with Crippen molar-refractivity contribution >= 4 is 11.6 Å². The first-order chi connectivity index (χ1) is 8.68. The number of carbonyl (C=O) groups is 1. The Balaban J connectivity index is 2.21. The van der Waals surface area contributed by atoms with Crippen molar-refractivity contribution in [2.45, 2.75) is 12.8 Å². The number of anilines is 1. The summed E-state index contributed by atoms with van der Waals surface area (Å²) >= 11 is 0. The second-order valence-corrected chi connectivity index (χ2v) is 4.22. The van der Waals surface area contributed by atoms with Crippen molar-refractivity contribution in [3.8, 4) is 0 Å². The number of nitrogen functional groups attached to an aromatic ring is 1. The highest BCUT2D eigenvalue weighted by atomic mass is 16.1. The molecule has 2 aromatic rings. The van der Waals surface area contributed by atoms with Crippen LogP contribution in [-0.2, 0) is 12.8 Å². The van der Waals surface area contributed by atoms with Crippen LogP contribution in [0.15, 0.2) is 48.5 Å². The van der Waals surface area contributed by atoms with E-state index in [0.29, 0.717) is 11.3 Å². The molecule has 2 rings (SSSR count). The van der Waals surface area contributed by atoms with E-state index in [1.807, 2.05) is 18.2 Å². The fourth-order valence-corrected chi connectivity index (χ4v) is 2.03. The number of rotatable bonds is 4. The molecule has 0 saturated carbocycles. The van der Waals surface area contributed by atoms with Crippen molar-refractivity contribution in [3.05, 3.63) is 65.2 Å². The van der Waals surface area contributed by atoms with E-state index in [9.17, 15) is 4.79 Å². The molecule has 0 fully saturated rings. The predicted octanol–water partition coefficient (Wildman–Crippen LogP) is 2.15. The molecule has 3 heteroatoms. The van der Waals surface area contributed by atoms with Crippen molar-refractivity contribution in [3.63, 3.8) is 0 Å². The minimum Gasteiger partial charge on any atom is -0.398 e. The van der Waals surface area contributed by atoms with Gasteiger partial charge in [0, 0.05) is 11.3 Å². The lowest BCUT2D eigenvalue weighted by Crippen LogP contribution is -2.15. The normalized spacial score (nSPS) is 10.2. The van der Waals surface area contributed by atoms with Crippen molar-refractivity contribution in [2.24, 2.45) is 5.73 Å². The van der Waals surface area contributed by atoms with Crippen LogP contribution in [0.3, 0.4) is 0 Å². The highest BCUT2D eigenvalue weighted by Gasteiger charge is 2.10. The van der Waals surface area contributed by atoms with Gasteiger partial charge in [-0.25, -0.2) is 0 Å². The number of amides is 1. The highest BCUT2D eigenvalue weighted by Crippen LogP contribution is 2.19. The molecule has 0 saturated heterocycles. The van der Waals surface area contributed by atoms with Crippen LogP contribution in [-0.4, -0.2) is 5.91 Å². The number of primary amides is 1. The second kappa shape index (κ2) is 5.36. The van der Waals surface area contributed by atoms with E-state index >= 15 is 0 Å². The molecular formula is C15H16N2O. The van der Waals surface area contributed by atoms with E-state index in [-0.39, 0.29) is 0 Å². The first-order valence-electron chi connectivity index (χ1n) is 5.89. The minimum absolute atomic E-state index is 0.426. The van der Waals surface area contributed by atoms with Crippen LogP contribution in [0.25, 0.3) is 0 Å². The van der Waals surface area contributed by atoms with Crippen LogP contribution >= 0.6 is 0 Å². The summed E-state index contributed by atoms with van der Waals surface area (Å²) in [5, 5.41) is 0. The maximum atomic E-state index is 11.4. The first kappa shape index (κ1) is 12.2. The maximum Gasteiger partial charge on any atom is 0.249 e. The summed E-state index contributed by atoms with van der Waals surface area (Å²) in [7, 11) is 0. The summed E-state index contributed by atoms with van der Waals surface area (Å²) in [4.78, 5) is 11.4. The minimum atomic E-state index is -0.426. The van der Waals surface area contributed by atoms with Gasteiger partial charge in [0.05, 0.1) is 0 Å². The largest absolute Gasteiger partial charge is 0.398 e. The van der Waals surface area contributed by atoms with Crippen molar-refractivity contribution in [1.82, 2.24) is 0 Å². The molecule has 4 N–H and O–H groups in total. The average molecular weight is 240 g/mol. The maximum absolute atomic E-state index is 11.4. The third-order valence-electron chi connectivity index (χ3n) is 2.98. The zero-order chi connectivity index (χ0) is 13.0. The van der Waals surface area contributed by atoms with Gasteiger partial charge in [-0.3, -0.25) is 4.79 Å². The Kier molecular flexibility index (Phi) is 3.63. The van der Waals surface area contributed by atoms with Crippen LogP contribution in [0.5, 0.6) is 0 Å². The molecule has 18 heavy (non-hydrogen) atoms. The molecule has 2 aromatic carbocycles. The van der Waals surface area contributed by atoms with Gasteiger partial charge in [-0.1, -0.05) is 36.4 Å². The lowest BCUT2D eigenvalue weighted by molar-refractivity contribution is 0.0999. The fraction of sp³-hybridized carbons (Fsp3) is 0.133. The first-order valence-corrected chi connectivity index (χ1v) is 5.89. The zero-order valence-electron chi connectivity index (χ0n) is 10.1. The lowest BCUT2D eigenvalue weighted by atomic mass is 9.98. The average Bonchev–Trinajstić information content (AvgIpc) is 2.38. The van der Waals surface area contributed by atoms with Gasteiger partial charge in [-0.05, 0) is 36.1 Å². The molecule has 0 radical (unpaired) electrons. The third kappa shape index (κ3) is 2.69. The molecule has 92 valence electrons. The van der Waals surface area contributed by atoms with Gasteiger partial charge in [0.25, 0.3) is 0 Å². The summed E-state index contributed by atoms with van der Waals surface area (Å²) < 4.78 is 0. The van der Waals surface area contributed by atoms with E-state index < -0.39 is 5.91 Å². The number of carbonyl (C=O) groups excluding carboxylic acids is 1. The molecule has 0 aromatic heterocycles. The van der Waals surface area contributed by atoms with E-state index in [4.69, 9.17) is 11.5 Å². The summed E-state index contributed by atoms with van der Waals surface area (Å²) in [6.07, 6.45) is 1.56. The van der Waals surface area contributed by atoms with Crippen molar-refractivity contribution in [1.29, 1.82) is 0 Å². The van der Waals surface area contributed by atoms with Crippen LogP contribution in [0.1, 0.15) is 21.5 Å². The van der Waals surface area contributed by atoms with E-state index in [2.05, 4.69) is 12.1 Å². The van der Waals surface area contributed by atoms with Gasteiger partial charge in [-0.15, -0.1) is 0 Å². The van der Waals surface area contributed by atoms with Gasteiger partial charge in [-0.2, -0.15) is 0 Å². The Morgan fingerprint density at radius 1 is 0.944 bits per heavy atom. The summed E-state index contributed by atoms with van der Waals surface area (Å²) in [5.74, 6) is -0.426.